The Balaban J connectivity index is 3.09. The van der Waals surface area contributed by atoms with Crippen LogP contribution in [0.2, 0.25) is 0 Å². The number of hydrogen-bond donors (Lipinski definition) is 2. The SMILES string of the molecule is CCCN(C)c1cccc(C(N)=O)c1N. The van der Waals surface area contributed by atoms with Crippen LogP contribution in [-0.4, -0.2) is 19.5 Å². The van der Waals surface area contributed by atoms with Crippen molar-refractivity contribution in [3.05, 3.63) is 23.8 Å². The van der Waals surface area contributed by atoms with Gasteiger partial charge < -0.3 is 16.4 Å². The molecular weight excluding hydrogens is 190 g/mol. The second kappa shape index (κ2) is 4.68. The molecule has 1 rings (SSSR count). The zero-order valence-electron chi connectivity index (χ0n) is 9.16. The maximum Gasteiger partial charge on any atom is 0.250 e. The first kappa shape index (κ1) is 11.4. The van der Waals surface area contributed by atoms with E-state index in [1.807, 2.05) is 18.0 Å². The van der Waals surface area contributed by atoms with Crippen LogP contribution in [0.4, 0.5) is 11.4 Å². The van der Waals surface area contributed by atoms with E-state index in [0.717, 1.165) is 18.7 Å². The first-order chi connectivity index (χ1) is 7.07. The normalized spacial score (nSPS) is 10.0. The zero-order valence-corrected chi connectivity index (χ0v) is 9.16. The van der Waals surface area contributed by atoms with Gasteiger partial charge in [-0.1, -0.05) is 13.0 Å². The second-order valence-electron chi connectivity index (χ2n) is 3.52. The maximum absolute atomic E-state index is 11.1. The molecule has 4 N–H and O–H groups in total. The average molecular weight is 207 g/mol. The molecule has 0 aliphatic carbocycles. The van der Waals surface area contributed by atoms with Crippen molar-refractivity contribution in [2.24, 2.45) is 5.73 Å². The Labute approximate surface area is 89.9 Å². The highest BCUT2D eigenvalue weighted by molar-refractivity contribution is 6.00. The van der Waals surface area contributed by atoms with E-state index in [4.69, 9.17) is 11.5 Å². The van der Waals surface area contributed by atoms with Crippen LogP contribution in [0.15, 0.2) is 18.2 Å². The molecule has 0 aliphatic heterocycles. The summed E-state index contributed by atoms with van der Waals surface area (Å²) in [5.74, 6) is -0.487. The van der Waals surface area contributed by atoms with Crippen LogP contribution in [0.5, 0.6) is 0 Å². The number of carbonyl (C=O) groups excluding carboxylic acids is 1. The molecule has 0 aliphatic rings. The number of nitrogens with zero attached hydrogens (tertiary/aromatic N) is 1. The third-order valence-corrected chi connectivity index (χ3v) is 2.32. The van der Waals surface area contributed by atoms with Crippen molar-refractivity contribution in [3.63, 3.8) is 0 Å². The Morgan fingerprint density at radius 3 is 2.67 bits per heavy atom. The molecule has 1 amide bonds. The molecule has 0 bridgehead atoms. The van der Waals surface area contributed by atoms with Gasteiger partial charge in [-0.3, -0.25) is 4.79 Å². The fraction of sp³-hybridized carbons (Fsp3) is 0.364. The predicted octanol–water partition coefficient (Wildman–Crippen LogP) is 1.21. The Morgan fingerprint density at radius 1 is 1.47 bits per heavy atom. The van der Waals surface area contributed by atoms with Gasteiger partial charge in [-0.15, -0.1) is 0 Å². The monoisotopic (exact) mass is 207 g/mol. The number of para-hydroxylation sites is 1. The standard InChI is InChI=1S/C11H17N3O/c1-3-7-14(2)9-6-4-5-8(10(9)12)11(13)15/h4-6H,3,7,12H2,1-2H3,(H2,13,15). The Hall–Kier alpha value is -1.71. The van der Waals surface area contributed by atoms with Gasteiger partial charge >= 0.3 is 0 Å². The summed E-state index contributed by atoms with van der Waals surface area (Å²) < 4.78 is 0. The Morgan fingerprint density at radius 2 is 2.13 bits per heavy atom. The highest BCUT2D eigenvalue weighted by Crippen LogP contribution is 2.25. The van der Waals surface area contributed by atoms with E-state index >= 15 is 0 Å². The first-order valence-electron chi connectivity index (χ1n) is 4.97. The van der Waals surface area contributed by atoms with Gasteiger partial charge in [0.2, 0.25) is 0 Å². The Kier molecular flexibility index (Phi) is 3.55. The van der Waals surface area contributed by atoms with E-state index in [9.17, 15) is 4.79 Å². The Bertz CT molecular complexity index is 363. The van der Waals surface area contributed by atoms with Gasteiger partial charge in [-0.05, 0) is 18.6 Å². The summed E-state index contributed by atoms with van der Waals surface area (Å²) in [6.45, 7) is 2.98. The number of carbonyl (C=O) groups is 1. The predicted molar refractivity (Wildman–Crippen MR) is 62.9 cm³/mol. The van der Waals surface area contributed by atoms with Crippen LogP contribution in [0.3, 0.4) is 0 Å². The third kappa shape index (κ3) is 2.40. The topological polar surface area (TPSA) is 72.3 Å². The summed E-state index contributed by atoms with van der Waals surface area (Å²) in [5.41, 5.74) is 12.8. The van der Waals surface area contributed by atoms with Gasteiger partial charge in [-0.2, -0.15) is 0 Å². The number of nitrogen functional groups attached to an aromatic ring is 1. The maximum atomic E-state index is 11.1. The summed E-state index contributed by atoms with van der Waals surface area (Å²) in [4.78, 5) is 13.1. The molecule has 0 saturated heterocycles. The van der Waals surface area contributed by atoms with Crippen molar-refractivity contribution in [3.8, 4) is 0 Å². The number of hydrogen-bond acceptors (Lipinski definition) is 3. The second-order valence-corrected chi connectivity index (χ2v) is 3.52. The van der Waals surface area contributed by atoms with Crippen molar-refractivity contribution in [2.45, 2.75) is 13.3 Å². The van der Waals surface area contributed by atoms with E-state index < -0.39 is 5.91 Å². The third-order valence-electron chi connectivity index (χ3n) is 2.32. The van der Waals surface area contributed by atoms with E-state index in [1.54, 1.807) is 12.1 Å². The molecule has 1 aromatic carbocycles. The van der Waals surface area contributed by atoms with Crippen LogP contribution in [0, 0.1) is 0 Å². The van der Waals surface area contributed by atoms with E-state index in [0.29, 0.717) is 11.3 Å². The molecular formula is C11H17N3O. The molecule has 0 aromatic heterocycles. The number of anilines is 2. The molecule has 0 atom stereocenters. The van der Waals surface area contributed by atoms with Crippen LogP contribution in [-0.2, 0) is 0 Å². The highest BCUT2D eigenvalue weighted by atomic mass is 16.1. The smallest absolute Gasteiger partial charge is 0.250 e. The lowest BCUT2D eigenvalue weighted by molar-refractivity contribution is 0.100. The van der Waals surface area contributed by atoms with Gasteiger partial charge in [0, 0.05) is 13.6 Å². The quantitative estimate of drug-likeness (QED) is 0.729. The number of nitrogens with two attached hydrogens (primary N) is 2. The van der Waals surface area contributed by atoms with Crippen molar-refractivity contribution in [1.82, 2.24) is 0 Å². The summed E-state index contributed by atoms with van der Waals surface area (Å²) in [5, 5.41) is 0. The van der Waals surface area contributed by atoms with Crippen molar-refractivity contribution in [1.29, 1.82) is 0 Å². The number of benzene rings is 1. The molecule has 0 spiro atoms. The van der Waals surface area contributed by atoms with Crippen molar-refractivity contribution in [2.75, 3.05) is 24.2 Å². The van der Waals surface area contributed by atoms with Gasteiger partial charge in [0.05, 0.1) is 16.9 Å². The number of amides is 1. The molecule has 0 fully saturated rings. The lowest BCUT2D eigenvalue weighted by Crippen LogP contribution is -2.21. The first-order valence-corrected chi connectivity index (χ1v) is 4.97. The summed E-state index contributed by atoms with van der Waals surface area (Å²) in [6, 6.07) is 5.32. The van der Waals surface area contributed by atoms with Crippen LogP contribution in [0.1, 0.15) is 23.7 Å². The molecule has 0 radical (unpaired) electrons. The fourth-order valence-corrected chi connectivity index (χ4v) is 1.56. The van der Waals surface area contributed by atoms with Crippen LogP contribution in [0.25, 0.3) is 0 Å². The molecule has 82 valence electrons. The van der Waals surface area contributed by atoms with Crippen LogP contribution < -0.4 is 16.4 Å². The van der Waals surface area contributed by atoms with Crippen molar-refractivity contribution >= 4 is 17.3 Å². The molecule has 1 aromatic rings. The molecule has 4 heteroatoms. The van der Waals surface area contributed by atoms with E-state index in [-0.39, 0.29) is 0 Å². The molecule has 15 heavy (non-hydrogen) atoms. The highest BCUT2D eigenvalue weighted by Gasteiger charge is 2.11. The van der Waals surface area contributed by atoms with E-state index in [2.05, 4.69) is 6.92 Å². The molecule has 0 saturated carbocycles. The molecule has 0 heterocycles. The summed E-state index contributed by atoms with van der Waals surface area (Å²) in [6.07, 6.45) is 1.02. The van der Waals surface area contributed by atoms with Gasteiger partial charge in [0.1, 0.15) is 0 Å². The van der Waals surface area contributed by atoms with Gasteiger partial charge in [-0.25, -0.2) is 0 Å². The van der Waals surface area contributed by atoms with Gasteiger partial charge in [0.25, 0.3) is 5.91 Å². The van der Waals surface area contributed by atoms with E-state index in [1.165, 1.54) is 0 Å². The zero-order chi connectivity index (χ0) is 11.4. The van der Waals surface area contributed by atoms with Gasteiger partial charge in [0.15, 0.2) is 0 Å². The fourth-order valence-electron chi connectivity index (χ4n) is 1.56. The number of rotatable bonds is 4. The summed E-state index contributed by atoms with van der Waals surface area (Å²) >= 11 is 0. The largest absolute Gasteiger partial charge is 0.396 e. The minimum Gasteiger partial charge on any atom is -0.396 e. The summed E-state index contributed by atoms with van der Waals surface area (Å²) in [7, 11) is 1.94. The minimum atomic E-state index is -0.487. The minimum absolute atomic E-state index is 0.385. The van der Waals surface area contributed by atoms with Crippen LogP contribution >= 0.6 is 0 Å². The lowest BCUT2D eigenvalue weighted by atomic mass is 10.1. The van der Waals surface area contributed by atoms with Crippen molar-refractivity contribution < 1.29 is 4.79 Å². The molecule has 4 nitrogen and oxygen atoms in total. The molecule has 0 unspecified atom stereocenters. The number of primary amides is 1. The average Bonchev–Trinajstić information content (AvgIpc) is 2.17. The lowest BCUT2D eigenvalue weighted by Gasteiger charge is -2.21.